The third-order valence-corrected chi connectivity index (χ3v) is 6.47. The van der Waals surface area contributed by atoms with Crippen LogP contribution in [-0.2, 0) is 12.8 Å². The van der Waals surface area contributed by atoms with Gasteiger partial charge in [-0.1, -0.05) is 66.7 Å². The summed E-state index contributed by atoms with van der Waals surface area (Å²) in [7, 11) is 0. The smallest absolute Gasteiger partial charge is 0.119 e. The third kappa shape index (κ3) is 4.74. The maximum atomic E-state index is 9.99. The number of hydrogen-bond donors (Lipinski definition) is 3. The van der Waals surface area contributed by atoms with Crippen LogP contribution in [0.2, 0.25) is 0 Å². The number of aromatic hydroxyl groups is 1. The largest absolute Gasteiger partial charge is 0.508 e. The van der Waals surface area contributed by atoms with E-state index in [0.29, 0.717) is 12.2 Å². The summed E-state index contributed by atoms with van der Waals surface area (Å²) >= 11 is 0. The lowest BCUT2D eigenvalue weighted by Crippen LogP contribution is -2.21. The van der Waals surface area contributed by atoms with Crippen LogP contribution in [0.5, 0.6) is 5.75 Å². The highest BCUT2D eigenvalue weighted by molar-refractivity contribution is 5.95. The molecule has 0 aliphatic carbocycles. The van der Waals surface area contributed by atoms with E-state index < -0.39 is 0 Å². The van der Waals surface area contributed by atoms with Gasteiger partial charge < -0.3 is 15.7 Å². The van der Waals surface area contributed by atoms with Gasteiger partial charge in [-0.25, -0.2) is 0 Å². The first-order chi connectivity index (χ1) is 16.7. The standard InChI is InChI=1S/C15H16N2.C14H14N2O/c1-11-6-7-12-4-2-3-5-13(12)14(11)10-15-16-8-9-17-15;17-13-6-5-10-3-1-2-4-11(10)12(13)9-14-15-7-8-16-14/h2-7H,8-10H2,1H3,(H,16,17);1-6,17H,7-9H2,(H,15,16). The van der Waals surface area contributed by atoms with Gasteiger partial charge in [-0.15, -0.1) is 0 Å². The molecular formula is C29H30N4O. The van der Waals surface area contributed by atoms with Crippen molar-refractivity contribution in [3.05, 3.63) is 89.5 Å². The van der Waals surface area contributed by atoms with Gasteiger partial charge in [-0.05, 0) is 45.7 Å². The maximum Gasteiger partial charge on any atom is 0.119 e. The summed E-state index contributed by atoms with van der Waals surface area (Å²) in [5.41, 5.74) is 3.70. The highest BCUT2D eigenvalue weighted by atomic mass is 16.3. The SMILES string of the molecule is Cc1ccc2ccccc2c1CC1=NCCN1.Oc1ccc2ccccc2c1CC1=NCCN1. The van der Waals surface area contributed by atoms with Crippen molar-refractivity contribution in [2.24, 2.45) is 9.98 Å². The van der Waals surface area contributed by atoms with Gasteiger partial charge in [0.2, 0.25) is 0 Å². The number of phenols is 1. The predicted octanol–water partition coefficient (Wildman–Crippen LogP) is 4.78. The highest BCUT2D eigenvalue weighted by Crippen LogP contribution is 2.28. The molecule has 2 heterocycles. The van der Waals surface area contributed by atoms with Crippen LogP contribution in [0.1, 0.15) is 16.7 Å². The van der Waals surface area contributed by atoms with E-state index in [2.05, 4.69) is 70.0 Å². The molecule has 34 heavy (non-hydrogen) atoms. The van der Waals surface area contributed by atoms with Gasteiger partial charge in [0.05, 0.1) is 13.1 Å². The predicted molar refractivity (Wildman–Crippen MR) is 142 cm³/mol. The average molecular weight is 451 g/mol. The van der Waals surface area contributed by atoms with Gasteiger partial charge in [0.15, 0.2) is 0 Å². The van der Waals surface area contributed by atoms with E-state index in [0.717, 1.165) is 60.6 Å². The molecule has 5 nitrogen and oxygen atoms in total. The maximum absolute atomic E-state index is 9.99. The Bertz CT molecular complexity index is 1280. The van der Waals surface area contributed by atoms with Crippen LogP contribution < -0.4 is 10.6 Å². The molecule has 6 rings (SSSR count). The Morgan fingerprint density at radius 1 is 0.676 bits per heavy atom. The van der Waals surface area contributed by atoms with Crippen LogP contribution >= 0.6 is 0 Å². The van der Waals surface area contributed by atoms with Crippen molar-refractivity contribution in [1.82, 2.24) is 10.6 Å². The minimum Gasteiger partial charge on any atom is -0.508 e. The van der Waals surface area contributed by atoms with Crippen molar-refractivity contribution in [3.8, 4) is 5.75 Å². The summed E-state index contributed by atoms with van der Waals surface area (Å²) < 4.78 is 0. The number of nitrogens with one attached hydrogen (secondary N) is 2. The van der Waals surface area contributed by atoms with E-state index in [-0.39, 0.29) is 0 Å². The number of phenolic OH excluding ortho intramolecular Hbond substituents is 1. The fourth-order valence-electron chi connectivity index (χ4n) is 4.66. The van der Waals surface area contributed by atoms with Gasteiger partial charge in [-0.3, -0.25) is 9.98 Å². The number of nitrogens with zero attached hydrogens (tertiary/aromatic N) is 2. The number of fused-ring (bicyclic) bond motifs is 2. The molecule has 2 aliphatic rings. The Labute approximate surface area is 200 Å². The van der Waals surface area contributed by atoms with Crippen molar-refractivity contribution in [2.75, 3.05) is 26.2 Å². The molecule has 2 aliphatic heterocycles. The van der Waals surface area contributed by atoms with Gasteiger partial charge in [-0.2, -0.15) is 0 Å². The molecule has 0 bridgehead atoms. The van der Waals surface area contributed by atoms with Crippen molar-refractivity contribution in [1.29, 1.82) is 0 Å². The molecule has 0 saturated carbocycles. The summed E-state index contributed by atoms with van der Waals surface area (Å²) in [6.45, 7) is 5.82. The monoisotopic (exact) mass is 450 g/mol. The summed E-state index contributed by atoms with van der Waals surface area (Å²) in [4.78, 5) is 8.86. The van der Waals surface area contributed by atoms with Gasteiger partial charge >= 0.3 is 0 Å². The first kappa shape index (κ1) is 22.0. The molecule has 0 aromatic heterocycles. The summed E-state index contributed by atoms with van der Waals surface area (Å²) in [6, 6.07) is 24.8. The molecule has 0 unspecified atom stereocenters. The summed E-state index contributed by atoms with van der Waals surface area (Å²) in [6.07, 6.45) is 1.60. The number of aliphatic imine (C=N–C) groups is 2. The van der Waals surface area contributed by atoms with Crippen LogP contribution in [0.4, 0.5) is 0 Å². The van der Waals surface area contributed by atoms with Crippen molar-refractivity contribution in [3.63, 3.8) is 0 Å². The minimum atomic E-state index is 0.347. The fraction of sp³-hybridized carbons (Fsp3) is 0.241. The molecule has 0 saturated heterocycles. The zero-order valence-corrected chi connectivity index (χ0v) is 19.5. The molecule has 0 amide bonds. The number of rotatable bonds is 4. The lowest BCUT2D eigenvalue weighted by Gasteiger charge is -2.10. The molecular weight excluding hydrogens is 420 g/mol. The Balaban J connectivity index is 0.000000142. The molecule has 0 radical (unpaired) electrons. The topological polar surface area (TPSA) is 69.0 Å². The van der Waals surface area contributed by atoms with Crippen LogP contribution in [0.25, 0.3) is 21.5 Å². The fourth-order valence-corrected chi connectivity index (χ4v) is 4.66. The van der Waals surface area contributed by atoms with Crippen LogP contribution in [0.15, 0.2) is 82.8 Å². The number of amidine groups is 2. The molecule has 0 fully saturated rings. The zero-order valence-electron chi connectivity index (χ0n) is 19.5. The van der Waals surface area contributed by atoms with Gasteiger partial charge in [0.25, 0.3) is 0 Å². The van der Waals surface area contributed by atoms with Crippen molar-refractivity contribution in [2.45, 2.75) is 19.8 Å². The van der Waals surface area contributed by atoms with Crippen LogP contribution in [-0.4, -0.2) is 43.0 Å². The Hall–Kier alpha value is -3.86. The Kier molecular flexibility index (Phi) is 6.43. The van der Waals surface area contributed by atoms with E-state index in [1.54, 1.807) is 6.07 Å². The van der Waals surface area contributed by atoms with Crippen LogP contribution in [0, 0.1) is 6.92 Å². The number of benzene rings is 4. The summed E-state index contributed by atoms with van der Waals surface area (Å²) in [5, 5.41) is 21.5. The molecule has 4 aromatic rings. The molecule has 172 valence electrons. The average Bonchev–Trinajstić information content (AvgIpc) is 3.58. The number of hydrogen-bond acceptors (Lipinski definition) is 5. The zero-order chi connectivity index (χ0) is 23.3. The second kappa shape index (κ2) is 9.96. The molecule has 0 atom stereocenters. The van der Waals surface area contributed by atoms with Crippen molar-refractivity contribution < 1.29 is 5.11 Å². The quantitative estimate of drug-likeness (QED) is 0.419. The van der Waals surface area contributed by atoms with E-state index in [9.17, 15) is 5.11 Å². The Morgan fingerprint density at radius 3 is 1.79 bits per heavy atom. The van der Waals surface area contributed by atoms with Crippen LogP contribution in [0.3, 0.4) is 0 Å². The second-order valence-electron chi connectivity index (χ2n) is 8.73. The number of aryl methyl sites for hydroxylation is 1. The molecule has 5 heteroatoms. The Morgan fingerprint density at radius 2 is 1.21 bits per heavy atom. The lowest BCUT2D eigenvalue weighted by atomic mass is 9.97. The van der Waals surface area contributed by atoms with Crippen molar-refractivity contribution >= 4 is 33.2 Å². The van der Waals surface area contributed by atoms with E-state index in [4.69, 9.17) is 0 Å². The highest BCUT2D eigenvalue weighted by Gasteiger charge is 2.12. The molecule has 0 spiro atoms. The van der Waals surface area contributed by atoms with Gasteiger partial charge in [0.1, 0.15) is 17.4 Å². The van der Waals surface area contributed by atoms with E-state index >= 15 is 0 Å². The molecule has 4 aromatic carbocycles. The lowest BCUT2D eigenvalue weighted by molar-refractivity contribution is 0.471. The minimum absolute atomic E-state index is 0.347. The van der Waals surface area contributed by atoms with E-state index in [1.807, 2.05) is 24.3 Å². The normalized spacial score (nSPS) is 14.7. The summed E-state index contributed by atoms with van der Waals surface area (Å²) in [5.74, 6) is 2.45. The second-order valence-corrected chi connectivity index (χ2v) is 8.73. The first-order valence-electron chi connectivity index (χ1n) is 11.9. The van der Waals surface area contributed by atoms with E-state index in [1.165, 1.54) is 21.9 Å². The first-order valence-corrected chi connectivity index (χ1v) is 11.9. The van der Waals surface area contributed by atoms with Gasteiger partial charge in [0, 0.05) is 31.5 Å². The third-order valence-electron chi connectivity index (χ3n) is 6.47. The molecule has 3 N–H and O–H groups in total.